The standard InChI is InChI=1S/C16H23N3O4S/c1-22-14-10-12(2-3-13(14)23-11-15(17)21)16(24)19-6-4-18(5-7-19)8-9-20/h2-3,10,20H,4-9,11H2,1H3,(H2,17,21). The molecule has 1 aliphatic heterocycles. The third-order valence-electron chi connectivity index (χ3n) is 3.86. The molecule has 2 rings (SSSR count). The Bertz CT molecular complexity index is 589. The highest BCUT2D eigenvalue weighted by molar-refractivity contribution is 7.80. The average molecular weight is 353 g/mol. The smallest absolute Gasteiger partial charge is 0.255 e. The molecule has 1 amide bonds. The van der Waals surface area contributed by atoms with Gasteiger partial charge in [0.1, 0.15) is 4.99 Å². The first-order chi connectivity index (χ1) is 11.5. The van der Waals surface area contributed by atoms with E-state index >= 15 is 0 Å². The molecule has 1 aliphatic rings. The van der Waals surface area contributed by atoms with Crippen molar-refractivity contribution in [2.75, 3.05) is 53.0 Å². The molecular formula is C16H23N3O4S. The molecule has 0 aliphatic carbocycles. The number of carbonyl (C=O) groups is 1. The number of ether oxygens (including phenoxy) is 2. The Balaban J connectivity index is 2.03. The van der Waals surface area contributed by atoms with Crippen LogP contribution in [0.15, 0.2) is 18.2 Å². The number of aliphatic hydroxyl groups excluding tert-OH is 1. The SMILES string of the molecule is COc1cc(C(=S)N2CCN(CCO)CC2)ccc1OCC(N)=O. The molecular weight excluding hydrogens is 330 g/mol. The number of amides is 1. The molecule has 1 aromatic carbocycles. The Morgan fingerprint density at radius 2 is 2.00 bits per heavy atom. The van der Waals surface area contributed by atoms with Crippen LogP contribution in [-0.2, 0) is 4.79 Å². The minimum atomic E-state index is -0.544. The number of thiocarbonyl (C=S) groups is 1. The zero-order valence-corrected chi connectivity index (χ0v) is 14.6. The lowest BCUT2D eigenvalue weighted by atomic mass is 10.1. The van der Waals surface area contributed by atoms with Crippen LogP contribution in [0, 0.1) is 0 Å². The van der Waals surface area contributed by atoms with E-state index in [0.717, 1.165) is 36.7 Å². The summed E-state index contributed by atoms with van der Waals surface area (Å²) in [6.45, 7) is 4.05. The molecule has 1 fully saturated rings. The summed E-state index contributed by atoms with van der Waals surface area (Å²) in [7, 11) is 1.53. The van der Waals surface area contributed by atoms with Gasteiger partial charge in [-0.1, -0.05) is 12.2 Å². The quantitative estimate of drug-likeness (QED) is 0.659. The van der Waals surface area contributed by atoms with E-state index in [1.165, 1.54) is 7.11 Å². The number of piperazine rings is 1. The second kappa shape index (κ2) is 8.81. The van der Waals surface area contributed by atoms with Crippen LogP contribution in [0.3, 0.4) is 0 Å². The maximum Gasteiger partial charge on any atom is 0.255 e. The fraction of sp³-hybridized carbons (Fsp3) is 0.500. The van der Waals surface area contributed by atoms with Gasteiger partial charge in [0.05, 0.1) is 13.7 Å². The van der Waals surface area contributed by atoms with Gasteiger partial charge in [0.2, 0.25) is 0 Å². The van der Waals surface area contributed by atoms with Crippen LogP contribution < -0.4 is 15.2 Å². The van der Waals surface area contributed by atoms with Gasteiger partial charge in [-0.15, -0.1) is 0 Å². The number of benzene rings is 1. The Labute approximate surface area is 146 Å². The van der Waals surface area contributed by atoms with Crippen LogP contribution in [0.2, 0.25) is 0 Å². The molecule has 0 bridgehead atoms. The predicted octanol–water partition coefficient (Wildman–Crippen LogP) is -0.155. The summed E-state index contributed by atoms with van der Waals surface area (Å²) in [5.74, 6) is 0.419. The van der Waals surface area contributed by atoms with Gasteiger partial charge in [0.25, 0.3) is 5.91 Å². The van der Waals surface area contributed by atoms with E-state index in [2.05, 4.69) is 9.80 Å². The number of primary amides is 1. The summed E-state index contributed by atoms with van der Waals surface area (Å²) in [5.41, 5.74) is 5.95. The van der Waals surface area contributed by atoms with Gasteiger partial charge in [-0.2, -0.15) is 0 Å². The van der Waals surface area contributed by atoms with Gasteiger partial charge in [0, 0.05) is 38.3 Å². The number of carbonyl (C=O) groups excluding carboxylic acids is 1. The molecule has 8 heteroatoms. The molecule has 0 radical (unpaired) electrons. The van der Waals surface area contributed by atoms with Gasteiger partial charge in [0.15, 0.2) is 18.1 Å². The van der Waals surface area contributed by atoms with E-state index in [9.17, 15) is 4.79 Å². The molecule has 0 aromatic heterocycles. The van der Waals surface area contributed by atoms with Gasteiger partial charge in [-0.25, -0.2) is 0 Å². The molecule has 24 heavy (non-hydrogen) atoms. The number of nitrogens with two attached hydrogens (primary N) is 1. The highest BCUT2D eigenvalue weighted by Crippen LogP contribution is 2.29. The second-order valence-corrected chi connectivity index (χ2v) is 5.86. The molecule has 0 unspecified atom stereocenters. The van der Waals surface area contributed by atoms with Crippen molar-refractivity contribution in [2.45, 2.75) is 0 Å². The van der Waals surface area contributed by atoms with Crippen molar-refractivity contribution in [3.63, 3.8) is 0 Å². The van der Waals surface area contributed by atoms with Crippen molar-refractivity contribution in [2.24, 2.45) is 5.73 Å². The largest absolute Gasteiger partial charge is 0.493 e. The maximum absolute atomic E-state index is 10.8. The topological polar surface area (TPSA) is 88.3 Å². The van der Waals surface area contributed by atoms with E-state index in [1.54, 1.807) is 12.1 Å². The van der Waals surface area contributed by atoms with Gasteiger partial charge in [-0.3, -0.25) is 9.69 Å². The molecule has 132 valence electrons. The second-order valence-electron chi connectivity index (χ2n) is 5.48. The minimum Gasteiger partial charge on any atom is -0.493 e. The third kappa shape index (κ3) is 4.80. The summed E-state index contributed by atoms with van der Waals surface area (Å²) in [6.07, 6.45) is 0. The normalized spacial score (nSPS) is 15.2. The summed E-state index contributed by atoms with van der Waals surface area (Å²) < 4.78 is 10.6. The Kier molecular flexibility index (Phi) is 6.77. The van der Waals surface area contributed by atoms with Crippen LogP contribution in [0.5, 0.6) is 11.5 Å². The number of aliphatic hydroxyl groups is 1. The van der Waals surface area contributed by atoms with E-state index in [0.29, 0.717) is 18.0 Å². The number of methoxy groups -OCH3 is 1. The van der Waals surface area contributed by atoms with Crippen molar-refractivity contribution in [3.05, 3.63) is 23.8 Å². The van der Waals surface area contributed by atoms with Crippen molar-refractivity contribution in [3.8, 4) is 11.5 Å². The summed E-state index contributed by atoms with van der Waals surface area (Å²) in [6, 6.07) is 5.38. The van der Waals surface area contributed by atoms with Crippen LogP contribution in [0.4, 0.5) is 0 Å². The van der Waals surface area contributed by atoms with Gasteiger partial charge in [-0.05, 0) is 18.2 Å². The lowest BCUT2D eigenvalue weighted by molar-refractivity contribution is -0.119. The predicted molar refractivity (Wildman–Crippen MR) is 94.5 cm³/mol. The Hall–Kier alpha value is -1.90. The molecule has 1 saturated heterocycles. The van der Waals surface area contributed by atoms with Crippen LogP contribution in [-0.4, -0.2) is 78.8 Å². The van der Waals surface area contributed by atoms with Crippen molar-refractivity contribution >= 4 is 23.1 Å². The number of hydrogen-bond acceptors (Lipinski definition) is 6. The lowest BCUT2D eigenvalue weighted by Crippen LogP contribution is -2.49. The Morgan fingerprint density at radius 1 is 1.29 bits per heavy atom. The minimum absolute atomic E-state index is 0.175. The molecule has 1 aromatic rings. The maximum atomic E-state index is 10.8. The summed E-state index contributed by atoms with van der Waals surface area (Å²) in [5, 5.41) is 9.00. The van der Waals surface area contributed by atoms with E-state index in [1.807, 2.05) is 6.07 Å². The first-order valence-corrected chi connectivity index (χ1v) is 8.17. The average Bonchev–Trinajstić information content (AvgIpc) is 2.60. The van der Waals surface area contributed by atoms with Crippen molar-refractivity contribution < 1.29 is 19.4 Å². The highest BCUT2D eigenvalue weighted by Gasteiger charge is 2.20. The highest BCUT2D eigenvalue weighted by atomic mass is 32.1. The Morgan fingerprint density at radius 3 is 2.58 bits per heavy atom. The van der Waals surface area contributed by atoms with E-state index in [4.69, 9.17) is 32.5 Å². The van der Waals surface area contributed by atoms with Crippen LogP contribution in [0.25, 0.3) is 0 Å². The van der Waals surface area contributed by atoms with E-state index in [-0.39, 0.29) is 13.2 Å². The van der Waals surface area contributed by atoms with Crippen molar-refractivity contribution in [1.29, 1.82) is 0 Å². The molecule has 1 heterocycles. The fourth-order valence-electron chi connectivity index (χ4n) is 2.57. The number of nitrogens with zero attached hydrogens (tertiary/aromatic N) is 2. The molecule has 0 atom stereocenters. The first kappa shape index (κ1) is 18.4. The number of β-amino-alcohol motifs (C(OH)–C–C–N with tert-alkyl or cyclic N) is 1. The van der Waals surface area contributed by atoms with Crippen molar-refractivity contribution in [1.82, 2.24) is 9.80 Å². The third-order valence-corrected chi connectivity index (χ3v) is 4.35. The number of hydrogen-bond donors (Lipinski definition) is 2. The first-order valence-electron chi connectivity index (χ1n) is 7.76. The molecule has 7 nitrogen and oxygen atoms in total. The number of rotatable bonds is 7. The van der Waals surface area contributed by atoms with Crippen LogP contribution in [0.1, 0.15) is 5.56 Å². The molecule has 3 N–H and O–H groups in total. The zero-order valence-electron chi connectivity index (χ0n) is 13.7. The lowest BCUT2D eigenvalue weighted by Gasteiger charge is -2.36. The van der Waals surface area contributed by atoms with Gasteiger partial charge >= 0.3 is 0 Å². The fourth-order valence-corrected chi connectivity index (χ4v) is 2.88. The zero-order chi connectivity index (χ0) is 17.5. The van der Waals surface area contributed by atoms with Crippen LogP contribution >= 0.6 is 12.2 Å². The summed E-state index contributed by atoms with van der Waals surface area (Å²) >= 11 is 5.59. The molecule has 0 spiro atoms. The van der Waals surface area contributed by atoms with Gasteiger partial charge < -0.3 is 25.2 Å². The van der Waals surface area contributed by atoms with E-state index < -0.39 is 5.91 Å². The monoisotopic (exact) mass is 353 g/mol. The molecule has 0 saturated carbocycles. The summed E-state index contributed by atoms with van der Waals surface area (Å²) in [4.78, 5) is 15.9.